The minimum atomic E-state index is 0.101. The average molecular weight is 266 g/mol. The molecule has 0 atom stereocenters. The summed E-state index contributed by atoms with van der Waals surface area (Å²) in [5.74, 6) is 0.101. The second-order valence-electron chi connectivity index (χ2n) is 5.16. The highest BCUT2D eigenvalue weighted by Gasteiger charge is 2.22. The Morgan fingerprint density at radius 3 is 2.33 bits per heavy atom. The number of carbonyl (C=O) groups excluding carboxylic acids is 1. The Kier molecular flexibility index (Phi) is 4.40. The van der Waals surface area contributed by atoms with Crippen molar-refractivity contribution in [3.8, 4) is 0 Å². The number of thiophene rings is 1. The van der Waals surface area contributed by atoms with Gasteiger partial charge in [-0.05, 0) is 58.2 Å². The first kappa shape index (κ1) is 13.6. The molecule has 0 aliphatic heterocycles. The highest BCUT2D eigenvalue weighted by Crippen LogP contribution is 2.22. The van der Waals surface area contributed by atoms with Crippen molar-refractivity contribution in [2.75, 3.05) is 7.05 Å². The molecule has 1 aliphatic carbocycles. The van der Waals surface area contributed by atoms with E-state index >= 15 is 0 Å². The molecule has 1 aliphatic rings. The fourth-order valence-corrected chi connectivity index (χ4v) is 3.41. The van der Waals surface area contributed by atoms with Crippen LogP contribution in [-0.2, 0) is 0 Å². The maximum Gasteiger partial charge on any atom is 0.261 e. The highest BCUT2D eigenvalue weighted by molar-refractivity contribution is 7.14. The molecule has 1 fully saturated rings. The predicted octanol–water partition coefficient (Wildman–Crippen LogP) is 2.63. The smallest absolute Gasteiger partial charge is 0.261 e. The van der Waals surface area contributed by atoms with Crippen molar-refractivity contribution in [2.24, 2.45) is 0 Å². The van der Waals surface area contributed by atoms with Crippen molar-refractivity contribution in [1.29, 1.82) is 0 Å². The lowest BCUT2D eigenvalue weighted by molar-refractivity contribution is 0.0929. The summed E-state index contributed by atoms with van der Waals surface area (Å²) in [6, 6.07) is 2.98. The van der Waals surface area contributed by atoms with Crippen molar-refractivity contribution >= 4 is 17.2 Å². The first-order valence-corrected chi connectivity index (χ1v) is 7.47. The van der Waals surface area contributed by atoms with Crippen LogP contribution in [-0.4, -0.2) is 25.0 Å². The third kappa shape index (κ3) is 3.12. The van der Waals surface area contributed by atoms with Crippen LogP contribution in [0.4, 0.5) is 0 Å². The van der Waals surface area contributed by atoms with Crippen LogP contribution in [0.15, 0.2) is 6.07 Å². The zero-order valence-electron chi connectivity index (χ0n) is 11.4. The van der Waals surface area contributed by atoms with Gasteiger partial charge >= 0.3 is 0 Å². The summed E-state index contributed by atoms with van der Waals surface area (Å²) < 4.78 is 0. The molecule has 1 amide bonds. The van der Waals surface area contributed by atoms with Gasteiger partial charge in [0, 0.05) is 17.0 Å². The van der Waals surface area contributed by atoms with Crippen molar-refractivity contribution in [1.82, 2.24) is 10.6 Å². The van der Waals surface area contributed by atoms with E-state index in [0.717, 1.165) is 30.6 Å². The topological polar surface area (TPSA) is 41.1 Å². The van der Waals surface area contributed by atoms with Crippen molar-refractivity contribution in [3.63, 3.8) is 0 Å². The van der Waals surface area contributed by atoms with Crippen LogP contribution in [0, 0.1) is 13.8 Å². The Morgan fingerprint density at radius 1 is 1.22 bits per heavy atom. The Balaban J connectivity index is 1.88. The van der Waals surface area contributed by atoms with Crippen LogP contribution in [0.3, 0.4) is 0 Å². The summed E-state index contributed by atoms with van der Waals surface area (Å²) in [4.78, 5) is 14.2. The summed E-state index contributed by atoms with van der Waals surface area (Å²) in [5, 5.41) is 6.47. The third-order valence-electron chi connectivity index (χ3n) is 3.86. The Hall–Kier alpha value is -0.870. The third-order valence-corrected chi connectivity index (χ3v) is 5.01. The molecule has 1 aromatic heterocycles. The van der Waals surface area contributed by atoms with Gasteiger partial charge in [0.05, 0.1) is 4.88 Å². The number of carbonyl (C=O) groups is 1. The standard InChI is InChI=1S/C14H22N2OS/c1-9-8-13(18-10(9)2)14(17)16-12-6-4-11(15-3)5-7-12/h8,11-12,15H,4-7H2,1-3H3,(H,16,17). The molecule has 1 saturated carbocycles. The van der Waals surface area contributed by atoms with Crippen LogP contribution < -0.4 is 10.6 Å². The monoisotopic (exact) mass is 266 g/mol. The molecule has 1 heterocycles. The zero-order valence-corrected chi connectivity index (χ0v) is 12.2. The summed E-state index contributed by atoms with van der Waals surface area (Å²) in [6.07, 6.45) is 4.48. The Bertz CT molecular complexity index is 400. The maximum absolute atomic E-state index is 12.1. The first-order chi connectivity index (χ1) is 8.60. The van der Waals surface area contributed by atoms with Crippen molar-refractivity contribution in [3.05, 3.63) is 21.4 Å². The van der Waals surface area contributed by atoms with Gasteiger partial charge in [-0.3, -0.25) is 4.79 Å². The lowest BCUT2D eigenvalue weighted by atomic mass is 9.91. The van der Waals surface area contributed by atoms with E-state index < -0.39 is 0 Å². The van der Waals surface area contributed by atoms with Gasteiger partial charge in [-0.1, -0.05) is 0 Å². The van der Waals surface area contributed by atoms with E-state index in [9.17, 15) is 4.79 Å². The molecule has 2 rings (SSSR count). The molecule has 2 N–H and O–H groups in total. The summed E-state index contributed by atoms with van der Waals surface area (Å²) in [5.41, 5.74) is 1.21. The Morgan fingerprint density at radius 2 is 1.83 bits per heavy atom. The van der Waals surface area contributed by atoms with Gasteiger partial charge in [-0.15, -0.1) is 11.3 Å². The molecule has 0 bridgehead atoms. The summed E-state index contributed by atoms with van der Waals surface area (Å²) in [6.45, 7) is 4.12. The van der Waals surface area contributed by atoms with Crippen LogP contribution in [0.1, 0.15) is 45.8 Å². The van der Waals surface area contributed by atoms with Crippen LogP contribution in [0.2, 0.25) is 0 Å². The molecular weight excluding hydrogens is 244 g/mol. The molecule has 3 nitrogen and oxygen atoms in total. The zero-order chi connectivity index (χ0) is 13.1. The minimum absolute atomic E-state index is 0.101. The molecule has 0 saturated heterocycles. The second-order valence-corrected chi connectivity index (χ2v) is 6.42. The average Bonchev–Trinajstić information content (AvgIpc) is 2.71. The maximum atomic E-state index is 12.1. The molecule has 0 unspecified atom stereocenters. The SMILES string of the molecule is CNC1CCC(NC(=O)c2cc(C)c(C)s2)CC1. The minimum Gasteiger partial charge on any atom is -0.349 e. The normalized spacial score (nSPS) is 23.9. The van der Waals surface area contributed by atoms with E-state index in [4.69, 9.17) is 0 Å². The fourth-order valence-electron chi connectivity index (χ4n) is 2.47. The van der Waals surface area contributed by atoms with Crippen molar-refractivity contribution in [2.45, 2.75) is 51.6 Å². The number of rotatable bonds is 3. The van der Waals surface area contributed by atoms with Gasteiger partial charge < -0.3 is 10.6 Å². The van der Waals surface area contributed by atoms with E-state index in [1.165, 1.54) is 10.4 Å². The molecular formula is C14H22N2OS. The molecule has 0 aromatic carbocycles. The molecule has 18 heavy (non-hydrogen) atoms. The number of amides is 1. The number of hydrogen-bond acceptors (Lipinski definition) is 3. The van der Waals surface area contributed by atoms with Gasteiger partial charge in [-0.25, -0.2) is 0 Å². The van der Waals surface area contributed by atoms with Gasteiger partial charge in [0.15, 0.2) is 0 Å². The predicted molar refractivity (Wildman–Crippen MR) is 76.4 cm³/mol. The van der Waals surface area contributed by atoms with Gasteiger partial charge in [0.2, 0.25) is 0 Å². The fraction of sp³-hybridized carbons (Fsp3) is 0.643. The lowest BCUT2D eigenvalue weighted by Crippen LogP contribution is -2.41. The lowest BCUT2D eigenvalue weighted by Gasteiger charge is -2.28. The number of aryl methyl sites for hydroxylation is 2. The number of hydrogen-bond donors (Lipinski definition) is 2. The summed E-state index contributed by atoms with van der Waals surface area (Å²) in [7, 11) is 2.01. The quantitative estimate of drug-likeness (QED) is 0.883. The van der Waals surface area contributed by atoms with E-state index in [-0.39, 0.29) is 5.91 Å². The van der Waals surface area contributed by atoms with E-state index in [1.807, 2.05) is 13.1 Å². The Labute approximate surface area is 113 Å². The molecule has 1 aromatic rings. The first-order valence-electron chi connectivity index (χ1n) is 6.65. The molecule has 100 valence electrons. The van der Waals surface area contributed by atoms with Gasteiger partial charge in [0.25, 0.3) is 5.91 Å². The van der Waals surface area contributed by atoms with Crippen LogP contribution >= 0.6 is 11.3 Å². The van der Waals surface area contributed by atoms with Crippen LogP contribution in [0.25, 0.3) is 0 Å². The second kappa shape index (κ2) is 5.85. The molecule has 4 heteroatoms. The molecule has 0 radical (unpaired) electrons. The molecule has 0 spiro atoms. The largest absolute Gasteiger partial charge is 0.349 e. The highest BCUT2D eigenvalue weighted by atomic mass is 32.1. The van der Waals surface area contributed by atoms with E-state index in [1.54, 1.807) is 11.3 Å². The van der Waals surface area contributed by atoms with Gasteiger partial charge in [0.1, 0.15) is 0 Å². The van der Waals surface area contributed by atoms with Crippen molar-refractivity contribution < 1.29 is 4.79 Å². The van der Waals surface area contributed by atoms with Crippen LogP contribution in [0.5, 0.6) is 0 Å². The summed E-state index contributed by atoms with van der Waals surface area (Å²) >= 11 is 1.59. The van der Waals surface area contributed by atoms with E-state index in [0.29, 0.717) is 12.1 Å². The van der Waals surface area contributed by atoms with Gasteiger partial charge in [-0.2, -0.15) is 0 Å². The number of nitrogens with one attached hydrogen (secondary N) is 2. The van der Waals surface area contributed by atoms with E-state index in [2.05, 4.69) is 24.5 Å².